The first-order chi connectivity index (χ1) is 41.7. The number of para-hydroxylation sites is 9. The summed E-state index contributed by atoms with van der Waals surface area (Å²) in [5.74, 6) is 1.22. The minimum absolute atomic E-state index is 0.408. The number of rotatable bonds is 18. The van der Waals surface area contributed by atoms with E-state index in [1.807, 2.05) is 91.0 Å². The lowest BCUT2D eigenvalue weighted by Gasteiger charge is -2.31. The molecule has 0 radical (unpaired) electrons. The molecule has 9 heteroatoms. The molecular weight excluding hydrogens is 1030 g/mol. The Morgan fingerprint density at radius 2 is 0.226 bits per heavy atom. The maximum absolute atomic E-state index is 5.59. The number of nitrogens with zero attached hydrogens (tertiary/aromatic N) is 9. The maximum Gasteiger partial charge on any atom is 0.241 e. The van der Waals surface area contributed by atoms with Crippen LogP contribution in [0.15, 0.2) is 346 Å². The van der Waals surface area contributed by atoms with Crippen molar-refractivity contribution < 1.29 is 0 Å². The van der Waals surface area contributed by atoms with Crippen LogP contribution in [-0.4, -0.2) is 15.0 Å². The second-order valence-corrected chi connectivity index (χ2v) is 19.8. The predicted octanol–water partition coefficient (Wildman–Crippen LogP) is 20.7. The van der Waals surface area contributed by atoms with E-state index in [1.165, 1.54) is 0 Å². The van der Waals surface area contributed by atoms with E-state index in [9.17, 15) is 0 Å². The van der Waals surface area contributed by atoms with Gasteiger partial charge in [-0.3, -0.25) is 14.7 Å². The monoisotopic (exact) mass is 1080 g/mol. The number of anilines is 18. The Labute approximate surface area is 490 Å². The van der Waals surface area contributed by atoms with Gasteiger partial charge in [0.2, 0.25) is 17.8 Å². The molecule has 0 saturated carbocycles. The predicted molar refractivity (Wildman–Crippen MR) is 348 cm³/mol. The second kappa shape index (κ2) is 24.4. The Kier molecular flexibility index (Phi) is 15.1. The van der Waals surface area contributed by atoms with Gasteiger partial charge in [-0.05, 0) is 182 Å². The molecule has 9 nitrogen and oxygen atoms in total. The highest BCUT2D eigenvalue weighted by atomic mass is 15.4. The zero-order valence-corrected chi connectivity index (χ0v) is 45.9. The van der Waals surface area contributed by atoms with E-state index in [0.29, 0.717) is 17.8 Å². The van der Waals surface area contributed by atoms with Crippen molar-refractivity contribution in [2.75, 3.05) is 29.4 Å². The fraction of sp³-hybridized carbons (Fsp3) is 0. The molecule has 0 unspecified atom stereocenters. The van der Waals surface area contributed by atoms with Gasteiger partial charge >= 0.3 is 0 Å². The van der Waals surface area contributed by atoms with Gasteiger partial charge in [-0.25, -0.2) is 0 Å². The smallest absolute Gasteiger partial charge is 0.241 e. The fourth-order valence-electron chi connectivity index (χ4n) is 10.6. The summed E-state index contributed by atoms with van der Waals surface area (Å²) in [6.07, 6.45) is 0. The van der Waals surface area contributed by atoms with Gasteiger partial charge in [-0.15, -0.1) is 0 Å². The van der Waals surface area contributed by atoms with Crippen molar-refractivity contribution in [3.05, 3.63) is 346 Å². The van der Waals surface area contributed by atoms with Crippen LogP contribution in [0.5, 0.6) is 0 Å². The molecule has 0 fully saturated rings. The summed E-state index contributed by atoms with van der Waals surface area (Å²) < 4.78 is 0. The molecule has 0 aliphatic heterocycles. The molecule has 402 valence electrons. The van der Waals surface area contributed by atoms with Crippen molar-refractivity contribution in [2.45, 2.75) is 0 Å². The molecule has 12 aromatic carbocycles. The lowest BCUT2D eigenvalue weighted by atomic mass is 10.1. The highest BCUT2D eigenvalue weighted by molar-refractivity contribution is 5.85. The standard InChI is InChI=1S/C75H57N9/c1-10-28-58(29-11-1)79(59-30-12-2-13-31-59)67-46-52-70(53-47-67)82(64-40-22-7-23-41-64)73-76-74(83(65-42-24-8-25-43-65)71-54-48-68(49-55-71)80(60-32-14-3-15-33-60)61-34-16-4-17-35-61)78-75(77-73)84(66-44-26-9-27-45-66)72-56-50-69(51-57-72)81(62-36-18-5-19-37-62)63-38-20-6-21-39-63/h1-57H. The van der Waals surface area contributed by atoms with E-state index in [0.717, 1.165) is 85.3 Å². The van der Waals surface area contributed by atoms with E-state index in [4.69, 9.17) is 15.0 Å². The van der Waals surface area contributed by atoms with Gasteiger partial charge in [0.15, 0.2) is 0 Å². The van der Waals surface area contributed by atoms with Gasteiger partial charge in [-0.2, -0.15) is 15.0 Å². The molecule has 0 aliphatic carbocycles. The average molecular weight is 1080 g/mol. The van der Waals surface area contributed by atoms with Crippen molar-refractivity contribution in [2.24, 2.45) is 0 Å². The molecule has 0 N–H and O–H groups in total. The van der Waals surface area contributed by atoms with Crippen LogP contribution in [0.4, 0.5) is 103 Å². The molecule has 0 bridgehead atoms. The Bertz CT molecular complexity index is 3590. The van der Waals surface area contributed by atoms with Crippen molar-refractivity contribution in [1.82, 2.24) is 15.0 Å². The highest BCUT2D eigenvalue weighted by Crippen LogP contribution is 2.44. The van der Waals surface area contributed by atoms with Gasteiger partial charge in [0.05, 0.1) is 0 Å². The van der Waals surface area contributed by atoms with Crippen molar-refractivity contribution in [1.29, 1.82) is 0 Å². The molecule has 0 spiro atoms. The van der Waals surface area contributed by atoms with Gasteiger partial charge in [-0.1, -0.05) is 164 Å². The average Bonchev–Trinajstić information content (AvgIpc) is 3.68. The summed E-state index contributed by atoms with van der Waals surface area (Å²) >= 11 is 0. The van der Waals surface area contributed by atoms with Gasteiger partial charge in [0.25, 0.3) is 0 Å². The number of benzene rings is 12. The highest BCUT2D eigenvalue weighted by Gasteiger charge is 2.27. The molecule has 0 saturated heterocycles. The van der Waals surface area contributed by atoms with E-state index >= 15 is 0 Å². The van der Waals surface area contributed by atoms with E-state index in [2.05, 4.69) is 284 Å². The molecule has 13 aromatic rings. The first-order valence-corrected chi connectivity index (χ1v) is 28.0. The number of aromatic nitrogens is 3. The van der Waals surface area contributed by atoms with Crippen LogP contribution in [0.3, 0.4) is 0 Å². The molecule has 0 amide bonds. The van der Waals surface area contributed by atoms with E-state index in [-0.39, 0.29) is 0 Å². The van der Waals surface area contributed by atoms with Crippen LogP contribution in [0, 0.1) is 0 Å². The first kappa shape index (κ1) is 51.9. The molecule has 0 atom stereocenters. The molecule has 0 aliphatic rings. The quantitative estimate of drug-likeness (QED) is 0.0836. The molecule has 84 heavy (non-hydrogen) atoms. The van der Waals surface area contributed by atoms with E-state index in [1.54, 1.807) is 0 Å². The normalized spacial score (nSPS) is 10.9. The van der Waals surface area contributed by atoms with Gasteiger partial charge < -0.3 is 14.7 Å². The SMILES string of the molecule is c1ccc(N(c2ccccc2)c2ccc(N(c3ccccc3)c3nc(N(c4ccccc4)c4ccc(N(c5ccccc5)c5ccccc5)cc4)nc(N(c4ccccc4)c4ccc(N(c5ccccc5)c5ccccc5)cc4)n3)cc2)cc1. The van der Waals surface area contributed by atoms with Crippen molar-refractivity contribution in [3.63, 3.8) is 0 Å². The summed E-state index contributed by atoms with van der Waals surface area (Å²) in [4.78, 5) is 29.9. The van der Waals surface area contributed by atoms with Crippen LogP contribution in [0.2, 0.25) is 0 Å². The first-order valence-electron chi connectivity index (χ1n) is 28.0. The van der Waals surface area contributed by atoms with E-state index < -0.39 is 0 Å². The van der Waals surface area contributed by atoms with Crippen LogP contribution in [-0.2, 0) is 0 Å². The lowest BCUT2D eigenvalue weighted by molar-refractivity contribution is 0.962. The number of hydrogen-bond acceptors (Lipinski definition) is 9. The van der Waals surface area contributed by atoms with Crippen LogP contribution >= 0.6 is 0 Å². The summed E-state index contributed by atoms with van der Waals surface area (Å²) in [7, 11) is 0. The minimum atomic E-state index is 0.408. The second-order valence-electron chi connectivity index (χ2n) is 19.8. The van der Waals surface area contributed by atoms with Crippen LogP contribution in [0.25, 0.3) is 0 Å². The summed E-state index contributed by atoms with van der Waals surface area (Å²) in [5, 5.41) is 0. The molecule has 1 heterocycles. The summed E-state index contributed by atoms with van der Waals surface area (Å²) in [5.41, 5.74) is 14.4. The molecule has 1 aromatic heterocycles. The lowest BCUT2D eigenvalue weighted by Crippen LogP contribution is -2.22. The summed E-state index contributed by atoms with van der Waals surface area (Å²) in [6, 6.07) is 119. The topological polar surface area (TPSA) is 58.1 Å². The van der Waals surface area contributed by atoms with Gasteiger partial charge in [0.1, 0.15) is 0 Å². The fourth-order valence-corrected chi connectivity index (χ4v) is 10.6. The zero-order chi connectivity index (χ0) is 56.3. The number of hydrogen-bond donors (Lipinski definition) is 0. The Morgan fingerprint density at radius 3 is 0.369 bits per heavy atom. The van der Waals surface area contributed by atoms with Crippen LogP contribution < -0.4 is 29.4 Å². The Balaban J connectivity index is 1.00. The molecule has 13 rings (SSSR count). The Morgan fingerprint density at radius 1 is 0.119 bits per heavy atom. The molecular formula is C75H57N9. The Hall–Kier alpha value is -11.6. The largest absolute Gasteiger partial charge is 0.311 e. The third-order valence-electron chi connectivity index (χ3n) is 14.4. The van der Waals surface area contributed by atoms with Crippen molar-refractivity contribution >= 4 is 103 Å². The maximum atomic E-state index is 5.59. The third-order valence-corrected chi connectivity index (χ3v) is 14.4. The summed E-state index contributed by atoms with van der Waals surface area (Å²) in [6.45, 7) is 0. The minimum Gasteiger partial charge on any atom is -0.311 e. The van der Waals surface area contributed by atoms with Crippen LogP contribution in [0.1, 0.15) is 0 Å². The third kappa shape index (κ3) is 11.2. The zero-order valence-electron chi connectivity index (χ0n) is 45.9. The van der Waals surface area contributed by atoms with Crippen molar-refractivity contribution in [3.8, 4) is 0 Å². The van der Waals surface area contributed by atoms with Gasteiger partial charge in [0, 0.05) is 85.3 Å².